The van der Waals surface area contributed by atoms with Crippen LogP contribution in [-0.2, 0) is 14.1 Å². The minimum Gasteiger partial charge on any atom is -0.478 e. The van der Waals surface area contributed by atoms with Crippen molar-refractivity contribution >= 4 is 41.0 Å². The first kappa shape index (κ1) is 20.7. The fourth-order valence-corrected chi connectivity index (χ4v) is 2.89. The Morgan fingerprint density at radius 3 is 2.27 bits per heavy atom. The van der Waals surface area contributed by atoms with Crippen LogP contribution in [0.4, 0.5) is 0 Å². The number of amides is 1. The molecule has 0 aromatic heterocycles. The molecule has 0 aliphatic carbocycles. The lowest BCUT2D eigenvalue weighted by Gasteiger charge is -2.32. The molecule has 1 amide bonds. The smallest absolute Gasteiger partial charge is 0.478 e. The second-order valence-electron chi connectivity index (χ2n) is 7.26. The summed E-state index contributed by atoms with van der Waals surface area (Å²) in [7, 11) is -0.613. The first-order valence-electron chi connectivity index (χ1n) is 8.26. The first-order chi connectivity index (χ1) is 11.9. The molecule has 0 unspecified atom stereocenters. The highest BCUT2D eigenvalue weighted by Crippen LogP contribution is 2.39. The van der Waals surface area contributed by atoms with E-state index in [-0.39, 0.29) is 18.0 Å². The zero-order chi connectivity index (χ0) is 19.7. The zero-order valence-corrected chi connectivity index (χ0v) is 17.1. The standard InChI is InChI=1S/C18H23BBrNO5/c1-11(22)21-10-14(19-25-17(2,3)18(4,5)26-19)8-12-6-7-13(16(23)24)9-15(12)20/h6-9H,10H2,1-5H3,(H,21,22)(H,23,24). The molecule has 0 radical (unpaired) electrons. The quantitative estimate of drug-likeness (QED) is 0.709. The maximum Gasteiger partial charge on any atom is 0.492 e. The number of halogens is 1. The third-order valence-electron chi connectivity index (χ3n) is 4.69. The number of nitrogens with one attached hydrogen (secondary N) is 1. The van der Waals surface area contributed by atoms with Crippen LogP contribution in [0.1, 0.15) is 50.5 Å². The molecule has 0 atom stereocenters. The van der Waals surface area contributed by atoms with E-state index in [4.69, 9.17) is 14.4 Å². The molecule has 8 heteroatoms. The highest BCUT2D eigenvalue weighted by atomic mass is 79.9. The number of rotatable bonds is 5. The van der Waals surface area contributed by atoms with E-state index in [2.05, 4.69) is 21.2 Å². The van der Waals surface area contributed by atoms with Crippen molar-refractivity contribution in [3.8, 4) is 0 Å². The Morgan fingerprint density at radius 1 is 1.23 bits per heavy atom. The van der Waals surface area contributed by atoms with E-state index < -0.39 is 24.3 Å². The van der Waals surface area contributed by atoms with Gasteiger partial charge in [-0.15, -0.1) is 0 Å². The summed E-state index contributed by atoms with van der Waals surface area (Å²) >= 11 is 3.40. The topological polar surface area (TPSA) is 84.9 Å². The Labute approximate surface area is 162 Å². The van der Waals surface area contributed by atoms with Gasteiger partial charge in [-0.3, -0.25) is 4.79 Å². The number of aromatic carboxylic acids is 1. The largest absolute Gasteiger partial charge is 0.492 e. The predicted octanol–water partition coefficient (Wildman–Crippen LogP) is 3.30. The number of hydrogen-bond acceptors (Lipinski definition) is 4. The fraction of sp³-hybridized carbons (Fsp3) is 0.444. The summed E-state index contributed by atoms with van der Waals surface area (Å²) in [4.78, 5) is 22.5. The third-order valence-corrected chi connectivity index (χ3v) is 5.37. The van der Waals surface area contributed by atoms with E-state index in [0.717, 1.165) is 11.0 Å². The zero-order valence-electron chi connectivity index (χ0n) is 15.6. The second kappa shape index (κ2) is 7.54. The maximum absolute atomic E-state index is 11.4. The molecular weight excluding hydrogens is 401 g/mol. The van der Waals surface area contributed by atoms with Crippen LogP contribution in [0.3, 0.4) is 0 Å². The second-order valence-corrected chi connectivity index (χ2v) is 8.11. The summed E-state index contributed by atoms with van der Waals surface area (Å²) in [5.74, 6) is -1.15. The average molecular weight is 424 g/mol. The number of benzene rings is 1. The van der Waals surface area contributed by atoms with E-state index in [1.165, 1.54) is 19.1 Å². The summed E-state index contributed by atoms with van der Waals surface area (Å²) in [6, 6.07) is 4.76. The Hall–Kier alpha value is -1.64. The highest BCUT2D eigenvalue weighted by Gasteiger charge is 2.52. The first-order valence-corrected chi connectivity index (χ1v) is 9.05. The van der Waals surface area contributed by atoms with E-state index in [0.29, 0.717) is 4.47 Å². The van der Waals surface area contributed by atoms with Gasteiger partial charge < -0.3 is 19.7 Å². The number of carboxylic acid groups (broad SMARTS) is 1. The van der Waals surface area contributed by atoms with Gasteiger partial charge in [0.25, 0.3) is 0 Å². The molecule has 2 rings (SSSR count). The molecule has 0 spiro atoms. The molecule has 1 fully saturated rings. The van der Waals surface area contributed by atoms with Crippen molar-refractivity contribution < 1.29 is 24.0 Å². The van der Waals surface area contributed by atoms with Crippen LogP contribution < -0.4 is 5.32 Å². The van der Waals surface area contributed by atoms with Crippen molar-refractivity contribution in [3.05, 3.63) is 39.3 Å². The maximum atomic E-state index is 11.4. The lowest BCUT2D eigenvalue weighted by atomic mass is 9.77. The monoisotopic (exact) mass is 423 g/mol. The molecule has 1 aromatic rings. The number of hydrogen-bond donors (Lipinski definition) is 2. The molecule has 1 aliphatic rings. The Bertz CT molecular complexity index is 744. The molecule has 1 saturated heterocycles. The number of carbonyl (C=O) groups is 2. The van der Waals surface area contributed by atoms with Crippen LogP contribution in [0.5, 0.6) is 0 Å². The van der Waals surface area contributed by atoms with Gasteiger partial charge in [-0.1, -0.05) is 28.1 Å². The van der Waals surface area contributed by atoms with E-state index in [1.807, 2.05) is 33.8 Å². The van der Waals surface area contributed by atoms with Crippen molar-refractivity contribution in [2.75, 3.05) is 6.54 Å². The molecule has 0 bridgehead atoms. The summed E-state index contributed by atoms with van der Waals surface area (Å²) in [6.07, 6.45) is 1.84. The van der Waals surface area contributed by atoms with E-state index in [9.17, 15) is 9.59 Å². The predicted molar refractivity (Wildman–Crippen MR) is 104 cm³/mol. The SMILES string of the molecule is CC(=O)NCC(=Cc1ccc(C(=O)O)cc1Br)B1OC(C)(C)C(C)(C)O1. The molecule has 6 nitrogen and oxygen atoms in total. The summed E-state index contributed by atoms with van der Waals surface area (Å²) in [6.45, 7) is 9.54. The van der Waals surface area contributed by atoms with Crippen LogP contribution in [0.25, 0.3) is 6.08 Å². The van der Waals surface area contributed by atoms with Gasteiger partial charge >= 0.3 is 13.1 Å². The number of carbonyl (C=O) groups excluding carboxylic acids is 1. The normalized spacial score (nSPS) is 18.7. The molecule has 1 aromatic carbocycles. The highest BCUT2D eigenvalue weighted by molar-refractivity contribution is 9.10. The van der Waals surface area contributed by atoms with Crippen molar-refractivity contribution in [3.63, 3.8) is 0 Å². The van der Waals surface area contributed by atoms with Crippen molar-refractivity contribution in [1.82, 2.24) is 5.32 Å². The van der Waals surface area contributed by atoms with E-state index in [1.54, 1.807) is 6.07 Å². The Morgan fingerprint density at radius 2 is 1.81 bits per heavy atom. The average Bonchev–Trinajstić information content (AvgIpc) is 2.72. The molecule has 1 heterocycles. The van der Waals surface area contributed by atoms with Crippen molar-refractivity contribution in [2.24, 2.45) is 0 Å². The van der Waals surface area contributed by atoms with Crippen molar-refractivity contribution in [2.45, 2.75) is 45.8 Å². The van der Waals surface area contributed by atoms with Gasteiger partial charge in [0.05, 0.1) is 16.8 Å². The lowest BCUT2D eigenvalue weighted by molar-refractivity contribution is -0.118. The summed E-state index contributed by atoms with van der Waals surface area (Å²) in [5.41, 5.74) is 0.690. The van der Waals surface area contributed by atoms with Crippen LogP contribution in [0.15, 0.2) is 28.1 Å². The molecule has 140 valence electrons. The van der Waals surface area contributed by atoms with Gasteiger partial charge in [-0.25, -0.2) is 4.79 Å². The van der Waals surface area contributed by atoms with Crippen molar-refractivity contribution in [1.29, 1.82) is 0 Å². The molecule has 0 saturated carbocycles. The minimum atomic E-state index is -0.995. The van der Waals surface area contributed by atoms with Gasteiger partial charge in [-0.2, -0.15) is 0 Å². The Kier molecular flexibility index (Phi) is 6.00. The lowest BCUT2D eigenvalue weighted by Crippen LogP contribution is -2.41. The third kappa shape index (κ3) is 4.55. The van der Waals surface area contributed by atoms with Gasteiger partial charge in [0.2, 0.25) is 5.91 Å². The fourth-order valence-electron chi connectivity index (χ4n) is 2.40. The van der Waals surface area contributed by atoms with Gasteiger partial charge in [0.15, 0.2) is 0 Å². The van der Waals surface area contributed by atoms with Crippen LogP contribution in [0, 0.1) is 0 Å². The number of carboxylic acids is 1. The van der Waals surface area contributed by atoms with Gasteiger partial charge in [0.1, 0.15) is 0 Å². The molecule has 2 N–H and O–H groups in total. The minimum absolute atomic E-state index is 0.160. The van der Waals surface area contributed by atoms with Gasteiger partial charge in [0, 0.05) is 17.9 Å². The van der Waals surface area contributed by atoms with Gasteiger partial charge in [-0.05, 0) is 50.9 Å². The molecule has 1 aliphatic heterocycles. The summed E-state index contributed by atoms with van der Waals surface area (Å²) < 4.78 is 12.8. The molecule has 26 heavy (non-hydrogen) atoms. The van der Waals surface area contributed by atoms with Crippen LogP contribution in [-0.4, -0.2) is 41.8 Å². The summed E-state index contributed by atoms with van der Waals surface area (Å²) in [5, 5.41) is 11.9. The van der Waals surface area contributed by atoms with Crippen LogP contribution in [0.2, 0.25) is 0 Å². The van der Waals surface area contributed by atoms with Crippen LogP contribution >= 0.6 is 15.9 Å². The van der Waals surface area contributed by atoms with E-state index >= 15 is 0 Å². The Balaban J connectivity index is 2.38. The molecular formula is C18H23BBrNO5.